The molecule has 102 valence electrons. The summed E-state index contributed by atoms with van der Waals surface area (Å²) >= 11 is 6.02. The third-order valence-corrected chi connectivity index (χ3v) is 3.53. The Morgan fingerprint density at radius 1 is 1.42 bits per heavy atom. The van der Waals surface area contributed by atoms with Crippen LogP contribution in [-0.2, 0) is 6.42 Å². The minimum Gasteiger partial charge on any atom is -0.386 e. The topological polar surface area (TPSA) is 50.9 Å². The molecular weight excluding hydrogens is 262 g/mol. The summed E-state index contributed by atoms with van der Waals surface area (Å²) < 4.78 is 1.92. The molecule has 0 aromatic carbocycles. The van der Waals surface area contributed by atoms with Gasteiger partial charge in [0.1, 0.15) is 6.10 Å². The Bertz CT molecular complexity index is 541. The van der Waals surface area contributed by atoms with Crippen LogP contribution in [0.4, 0.5) is 0 Å². The van der Waals surface area contributed by atoms with Gasteiger partial charge in [-0.3, -0.25) is 9.67 Å². The Labute approximate surface area is 118 Å². The predicted octanol–water partition coefficient (Wildman–Crippen LogP) is 3.18. The van der Waals surface area contributed by atoms with Gasteiger partial charge in [-0.05, 0) is 31.5 Å². The van der Waals surface area contributed by atoms with Crippen LogP contribution in [0.1, 0.15) is 43.8 Å². The maximum Gasteiger partial charge on any atom is 0.103 e. The van der Waals surface area contributed by atoms with Gasteiger partial charge in [0, 0.05) is 24.9 Å². The molecule has 0 radical (unpaired) electrons. The molecule has 2 rings (SSSR count). The molecule has 0 saturated heterocycles. The lowest BCUT2D eigenvalue weighted by atomic mass is 10.1. The molecule has 2 heterocycles. The van der Waals surface area contributed by atoms with Gasteiger partial charge in [-0.15, -0.1) is 0 Å². The lowest BCUT2D eigenvalue weighted by molar-refractivity contribution is 0.172. The second-order valence-corrected chi connectivity index (χ2v) is 5.04. The van der Waals surface area contributed by atoms with Crippen LogP contribution >= 0.6 is 11.6 Å². The molecule has 19 heavy (non-hydrogen) atoms. The van der Waals surface area contributed by atoms with Crippen molar-refractivity contribution in [3.8, 4) is 0 Å². The van der Waals surface area contributed by atoms with Crippen molar-refractivity contribution < 1.29 is 5.11 Å². The van der Waals surface area contributed by atoms with E-state index in [2.05, 4.69) is 23.9 Å². The molecule has 2 unspecified atom stereocenters. The number of aliphatic hydroxyl groups is 1. The fraction of sp³-hybridized carbons (Fsp3) is 0.429. The lowest BCUT2D eigenvalue weighted by Gasteiger charge is -2.11. The highest BCUT2D eigenvalue weighted by atomic mass is 35.5. The van der Waals surface area contributed by atoms with E-state index < -0.39 is 6.10 Å². The van der Waals surface area contributed by atoms with Crippen molar-refractivity contribution in [1.29, 1.82) is 0 Å². The normalized spacial score (nSPS) is 14.3. The summed E-state index contributed by atoms with van der Waals surface area (Å²) in [5.41, 5.74) is 1.34. The van der Waals surface area contributed by atoms with Gasteiger partial charge in [0.25, 0.3) is 0 Å². The minimum absolute atomic E-state index is 0.365. The molecular formula is C14H18ClN3O. The molecule has 5 heteroatoms. The molecule has 0 aliphatic heterocycles. The summed E-state index contributed by atoms with van der Waals surface area (Å²) in [6.45, 7) is 4.23. The first-order chi connectivity index (χ1) is 9.11. The average molecular weight is 280 g/mol. The van der Waals surface area contributed by atoms with E-state index in [0.717, 1.165) is 12.1 Å². The zero-order valence-electron chi connectivity index (χ0n) is 11.1. The highest BCUT2D eigenvalue weighted by molar-refractivity contribution is 6.31. The third kappa shape index (κ3) is 3.33. The van der Waals surface area contributed by atoms with E-state index in [-0.39, 0.29) is 0 Å². The molecule has 4 nitrogen and oxygen atoms in total. The fourth-order valence-electron chi connectivity index (χ4n) is 1.86. The SMILES string of the molecule is CCC(C)n1ccc(CC(O)c2ncccc2Cl)n1. The number of aliphatic hydroxyl groups excluding tert-OH is 1. The van der Waals surface area contributed by atoms with Gasteiger partial charge < -0.3 is 5.11 Å². The van der Waals surface area contributed by atoms with Crippen LogP contribution in [-0.4, -0.2) is 19.9 Å². The quantitative estimate of drug-likeness (QED) is 0.914. The average Bonchev–Trinajstić information content (AvgIpc) is 2.86. The van der Waals surface area contributed by atoms with Crippen LogP contribution in [0.2, 0.25) is 5.02 Å². The van der Waals surface area contributed by atoms with Crippen molar-refractivity contribution in [3.05, 3.63) is 47.0 Å². The van der Waals surface area contributed by atoms with Crippen molar-refractivity contribution in [2.24, 2.45) is 0 Å². The second kappa shape index (κ2) is 6.17. The first-order valence-corrected chi connectivity index (χ1v) is 6.82. The fourth-order valence-corrected chi connectivity index (χ4v) is 2.10. The Hall–Kier alpha value is -1.39. The zero-order valence-corrected chi connectivity index (χ0v) is 11.9. The monoisotopic (exact) mass is 279 g/mol. The summed E-state index contributed by atoms with van der Waals surface area (Å²) in [7, 11) is 0. The second-order valence-electron chi connectivity index (χ2n) is 4.63. The molecule has 2 atom stereocenters. The van der Waals surface area contributed by atoms with Crippen molar-refractivity contribution in [3.63, 3.8) is 0 Å². The summed E-state index contributed by atoms with van der Waals surface area (Å²) in [4.78, 5) is 4.12. The summed E-state index contributed by atoms with van der Waals surface area (Å²) in [5, 5.41) is 15.1. The molecule has 2 aromatic rings. The van der Waals surface area contributed by atoms with Gasteiger partial charge in [-0.1, -0.05) is 18.5 Å². The molecule has 2 aromatic heterocycles. The molecule has 0 aliphatic carbocycles. The lowest BCUT2D eigenvalue weighted by Crippen LogP contribution is -2.08. The smallest absolute Gasteiger partial charge is 0.103 e. The van der Waals surface area contributed by atoms with Gasteiger partial charge in [-0.2, -0.15) is 5.10 Å². The molecule has 1 N–H and O–H groups in total. The Balaban J connectivity index is 2.09. The number of pyridine rings is 1. The van der Waals surface area contributed by atoms with Gasteiger partial charge in [-0.25, -0.2) is 0 Å². The summed E-state index contributed by atoms with van der Waals surface area (Å²) in [6.07, 6.45) is 4.28. The Kier molecular flexibility index (Phi) is 4.56. The predicted molar refractivity (Wildman–Crippen MR) is 75.1 cm³/mol. The Morgan fingerprint density at radius 3 is 2.89 bits per heavy atom. The third-order valence-electron chi connectivity index (χ3n) is 3.21. The first-order valence-electron chi connectivity index (χ1n) is 6.44. The van der Waals surface area contributed by atoms with E-state index in [1.165, 1.54) is 0 Å². The molecule has 0 amide bonds. The van der Waals surface area contributed by atoms with Crippen LogP contribution in [0, 0.1) is 0 Å². The van der Waals surface area contributed by atoms with E-state index in [0.29, 0.717) is 23.2 Å². The van der Waals surface area contributed by atoms with Crippen molar-refractivity contribution in [1.82, 2.24) is 14.8 Å². The van der Waals surface area contributed by atoms with Crippen LogP contribution in [0.5, 0.6) is 0 Å². The van der Waals surface area contributed by atoms with Crippen LogP contribution in [0.25, 0.3) is 0 Å². The van der Waals surface area contributed by atoms with Gasteiger partial charge >= 0.3 is 0 Å². The van der Waals surface area contributed by atoms with Crippen molar-refractivity contribution in [2.75, 3.05) is 0 Å². The molecule has 0 saturated carbocycles. The number of hydrogen-bond donors (Lipinski definition) is 1. The van der Waals surface area contributed by atoms with Crippen molar-refractivity contribution in [2.45, 2.75) is 38.8 Å². The molecule has 0 bridgehead atoms. The van der Waals surface area contributed by atoms with E-state index in [1.54, 1.807) is 18.3 Å². The minimum atomic E-state index is -0.728. The number of hydrogen-bond acceptors (Lipinski definition) is 3. The van der Waals surface area contributed by atoms with E-state index in [4.69, 9.17) is 11.6 Å². The van der Waals surface area contributed by atoms with Gasteiger partial charge in [0.15, 0.2) is 0 Å². The number of aromatic nitrogens is 3. The molecule has 0 fully saturated rings. The summed E-state index contributed by atoms with van der Waals surface area (Å²) in [6, 6.07) is 5.76. The highest BCUT2D eigenvalue weighted by Crippen LogP contribution is 2.23. The first kappa shape index (κ1) is 14.0. The molecule has 0 spiro atoms. The standard InChI is InChI=1S/C14H18ClN3O/c1-3-10(2)18-8-6-11(17-18)9-13(19)14-12(15)5-4-7-16-14/h4-8,10,13,19H,3,9H2,1-2H3. The maximum atomic E-state index is 10.2. The Morgan fingerprint density at radius 2 is 2.21 bits per heavy atom. The van der Waals surface area contributed by atoms with Gasteiger partial charge in [0.05, 0.1) is 16.4 Å². The van der Waals surface area contributed by atoms with Crippen molar-refractivity contribution >= 4 is 11.6 Å². The van der Waals surface area contributed by atoms with Crippen LogP contribution < -0.4 is 0 Å². The number of nitrogens with zero attached hydrogens (tertiary/aromatic N) is 3. The number of halogens is 1. The van der Waals surface area contributed by atoms with Crippen LogP contribution in [0.15, 0.2) is 30.6 Å². The van der Waals surface area contributed by atoms with Gasteiger partial charge in [0.2, 0.25) is 0 Å². The zero-order chi connectivity index (χ0) is 13.8. The largest absolute Gasteiger partial charge is 0.386 e. The molecule has 0 aliphatic rings. The van der Waals surface area contributed by atoms with E-state index >= 15 is 0 Å². The van der Waals surface area contributed by atoms with Crippen LogP contribution in [0.3, 0.4) is 0 Å². The summed E-state index contributed by atoms with van der Waals surface area (Å²) in [5.74, 6) is 0. The maximum absolute atomic E-state index is 10.2. The highest BCUT2D eigenvalue weighted by Gasteiger charge is 2.15. The number of rotatable bonds is 5. The van der Waals surface area contributed by atoms with E-state index in [9.17, 15) is 5.11 Å². The van der Waals surface area contributed by atoms with E-state index in [1.807, 2.05) is 16.9 Å².